The van der Waals surface area contributed by atoms with E-state index in [9.17, 15) is 4.79 Å². The number of carbonyl (C=O) groups excluding carboxylic acids is 1. The summed E-state index contributed by atoms with van der Waals surface area (Å²) in [5, 5.41) is 4.10. The smallest absolute Gasteiger partial charge is 0.271 e. The molecule has 0 spiro atoms. The first-order chi connectivity index (χ1) is 10.1. The Balaban J connectivity index is 2.23. The summed E-state index contributed by atoms with van der Waals surface area (Å²) in [6.45, 7) is 8.93. The minimum atomic E-state index is -0.198. The second-order valence-corrected chi connectivity index (χ2v) is 5.14. The first-order valence-electron chi connectivity index (χ1n) is 7.37. The number of rotatable bonds is 5. The zero-order chi connectivity index (χ0) is 15.4. The average Bonchev–Trinajstić information content (AvgIpc) is 2.79. The van der Waals surface area contributed by atoms with Crippen LogP contribution in [0.2, 0.25) is 0 Å². The van der Waals surface area contributed by atoms with Crippen LogP contribution in [0.25, 0.3) is 11.0 Å². The fourth-order valence-corrected chi connectivity index (χ4v) is 2.42. The van der Waals surface area contributed by atoms with Crippen molar-refractivity contribution in [1.82, 2.24) is 15.0 Å². The van der Waals surface area contributed by atoms with Crippen LogP contribution >= 0.6 is 0 Å². The standard InChI is InChI=1S/C16H22N4O/c1-5-7-11(3)18-19-16(21)13-8-9-15-14(10-13)17-12(4)20(15)6-2/h8-10H,5-7H2,1-4H3,(H,19,21)/b18-11-. The highest BCUT2D eigenvalue weighted by Crippen LogP contribution is 2.17. The second kappa shape index (κ2) is 6.52. The zero-order valence-corrected chi connectivity index (χ0v) is 13.1. The number of aromatic nitrogens is 2. The molecular weight excluding hydrogens is 264 g/mol. The van der Waals surface area contributed by atoms with Crippen molar-refractivity contribution in [2.24, 2.45) is 5.10 Å². The summed E-state index contributed by atoms with van der Waals surface area (Å²) in [7, 11) is 0. The molecule has 5 nitrogen and oxygen atoms in total. The molecule has 0 saturated carbocycles. The highest BCUT2D eigenvalue weighted by Gasteiger charge is 2.10. The molecule has 5 heteroatoms. The van der Waals surface area contributed by atoms with E-state index < -0.39 is 0 Å². The van der Waals surface area contributed by atoms with Crippen LogP contribution in [0, 0.1) is 6.92 Å². The first kappa shape index (κ1) is 15.2. The Morgan fingerprint density at radius 1 is 1.38 bits per heavy atom. The molecule has 0 unspecified atom stereocenters. The number of hydrogen-bond donors (Lipinski definition) is 1. The van der Waals surface area contributed by atoms with Crippen LogP contribution in [0.3, 0.4) is 0 Å². The topological polar surface area (TPSA) is 59.3 Å². The molecule has 0 aliphatic carbocycles. The van der Waals surface area contributed by atoms with Gasteiger partial charge in [0.1, 0.15) is 5.82 Å². The lowest BCUT2D eigenvalue weighted by atomic mass is 10.2. The Kier molecular flexibility index (Phi) is 4.73. The minimum absolute atomic E-state index is 0.198. The van der Waals surface area contributed by atoms with Gasteiger partial charge in [-0.2, -0.15) is 5.10 Å². The summed E-state index contributed by atoms with van der Waals surface area (Å²) in [6.07, 6.45) is 1.91. The highest BCUT2D eigenvalue weighted by atomic mass is 16.2. The van der Waals surface area contributed by atoms with Crippen LogP contribution < -0.4 is 5.43 Å². The van der Waals surface area contributed by atoms with Gasteiger partial charge in [-0.25, -0.2) is 10.4 Å². The Morgan fingerprint density at radius 3 is 2.81 bits per heavy atom. The highest BCUT2D eigenvalue weighted by molar-refractivity contribution is 5.98. The third-order valence-corrected chi connectivity index (χ3v) is 3.48. The minimum Gasteiger partial charge on any atom is -0.329 e. The molecule has 1 heterocycles. The fourth-order valence-electron chi connectivity index (χ4n) is 2.42. The van der Waals surface area contributed by atoms with E-state index in [4.69, 9.17) is 0 Å². The normalized spacial score (nSPS) is 11.9. The summed E-state index contributed by atoms with van der Waals surface area (Å²) in [5.74, 6) is 0.762. The van der Waals surface area contributed by atoms with E-state index in [1.807, 2.05) is 32.0 Å². The summed E-state index contributed by atoms with van der Waals surface area (Å²) < 4.78 is 2.13. The van der Waals surface area contributed by atoms with Crippen molar-refractivity contribution < 1.29 is 4.79 Å². The lowest BCUT2D eigenvalue weighted by molar-refractivity contribution is 0.0955. The molecule has 0 aliphatic heterocycles. The van der Waals surface area contributed by atoms with Crippen molar-refractivity contribution in [1.29, 1.82) is 0 Å². The number of aryl methyl sites for hydroxylation is 2. The largest absolute Gasteiger partial charge is 0.329 e. The van der Waals surface area contributed by atoms with Gasteiger partial charge in [-0.15, -0.1) is 0 Å². The van der Waals surface area contributed by atoms with Gasteiger partial charge in [0.25, 0.3) is 5.91 Å². The Labute approximate surface area is 125 Å². The Morgan fingerprint density at radius 2 is 2.14 bits per heavy atom. The van der Waals surface area contributed by atoms with E-state index in [2.05, 4.69) is 33.9 Å². The van der Waals surface area contributed by atoms with Gasteiger partial charge in [0, 0.05) is 17.8 Å². The number of hydrogen-bond acceptors (Lipinski definition) is 3. The number of nitrogens with zero attached hydrogens (tertiary/aromatic N) is 3. The van der Waals surface area contributed by atoms with E-state index in [-0.39, 0.29) is 5.91 Å². The van der Waals surface area contributed by atoms with E-state index in [1.165, 1.54) is 0 Å². The number of imidazole rings is 1. The van der Waals surface area contributed by atoms with Crippen LogP contribution in [-0.4, -0.2) is 21.2 Å². The van der Waals surface area contributed by atoms with Crippen LogP contribution in [0.1, 0.15) is 49.8 Å². The van der Waals surface area contributed by atoms with Gasteiger partial charge in [0.15, 0.2) is 0 Å². The number of carbonyl (C=O) groups is 1. The van der Waals surface area contributed by atoms with E-state index in [1.54, 1.807) is 0 Å². The SMILES string of the molecule is CCC/C(C)=N\NC(=O)c1ccc2c(c1)nc(C)n2CC. The molecule has 1 aromatic heterocycles. The fraction of sp³-hybridized carbons (Fsp3) is 0.438. The lowest BCUT2D eigenvalue weighted by Crippen LogP contribution is -2.19. The van der Waals surface area contributed by atoms with Gasteiger partial charge >= 0.3 is 0 Å². The molecule has 2 rings (SSSR count). The van der Waals surface area contributed by atoms with Crippen molar-refractivity contribution >= 4 is 22.7 Å². The number of amides is 1. The summed E-state index contributed by atoms with van der Waals surface area (Å²) in [5.41, 5.74) is 6.00. The number of nitrogens with one attached hydrogen (secondary N) is 1. The molecule has 0 aliphatic rings. The molecule has 1 aromatic carbocycles. The van der Waals surface area contributed by atoms with Crippen LogP contribution in [0.5, 0.6) is 0 Å². The van der Waals surface area contributed by atoms with Gasteiger partial charge in [-0.1, -0.05) is 13.3 Å². The average molecular weight is 286 g/mol. The maximum absolute atomic E-state index is 12.1. The molecule has 0 fully saturated rings. The molecule has 21 heavy (non-hydrogen) atoms. The lowest BCUT2D eigenvalue weighted by Gasteiger charge is -2.04. The van der Waals surface area contributed by atoms with Crippen molar-refractivity contribution in [2.75, 3.05) is 0 Å². The number of benzene rings is 1. The molecule has 0 radical (unpaired) electrons. The van der Waals surface area contributed by atoms with Gasteiger partial charge in [0.2, 0.25) is 0 Å². The molecule has 1 amide bonds. The number of hydrazone groups is 1. The van der Waals surface area contributed by atoms with Crippen LogP contribution in [-0.2, 0) is 6.54 Å². The van der Waals surface area contributed by atoms with E-state index >= 15 is 0 Å². The third kappa shape index (κ3) is 3.29. The zero-order valence-electron chi connectivity index (χ0n) is 13.1. The monoisotopic (exact) mass is 286 g/mol. The van der Waals surface area contributed by atoms with Crippen molar-refractivity contribution in [3.05, 3.63) is 29.6 Å². The van der Waals surface area contributed by atoms with E-state index in [0.717, 1.165) is 42.0 Å². The number of fused-ring (bicyclic) bond motifs is 1. The van der Waals surface area contributed by atoms with Crippen LogP contribution in [0.4, 0.5) is 0 Å². The van der Waals surface area contributed by atoms with Gasteiger partial charge in [-0.05, 0) is 45.4 Å². The predicted octanol–water partition coefficient (Wildman–Crippen LogP) is 3.27. The molecule has 0 bridgehead atoms. The quantitative estimate of drug-likeness (QED) is 0.677. The van der Waals surface area contributed by atoms with E-state index in [0.29, 0.717) is 5.56 Å². The first-order valence-corrected chi connectivity index (χ1v) is 7.37. The molecular formula is C16H22N4O. The molecule has 112 valence electrons. The second-order valence-electron chi connectivity index (χ2n) is 5.14. The van der Waals surface area contributed by atoms with Gasteiger partial charge < -0.3 is 4.57 Å². The Bertz CT molecular complexity index is 685. The molecule has 2 aromatic rings. The summed E-state index contributed by atoms with van der Waals surface area (Å²) in [6, 6.07) is 5.57. The molecule has 0 atom stereocenters. The van der Waals surface area contributed by atoms with Crippen molar-refractivity contribution in [2.45, 2.75) is 47.1 Å². The van der Waals surface area contributed by atoms with Gasteiger partial charge in [0.05, 0.1) is 11.0 Å². The third-order valence-electron chi connectivity index (χ3n) is 3.48. The van der Waals surface area contributed by atoms with Crippen LogP contribution in [0.15, 0.2) is 23.3 Å². The maximum atomic E-state index is 12.1. The van der Waals surface area contributed by atoms with Gasteiger partial charge in [-0.3, -0.25) is 4.79 Å². The molecule has 1 N–H and O–H groups in total. The molecule has 0 saturated heterocycles. The summed E-state index contributed by atoms with van der Waals surface area (Å²) >= 11 is 0. The Hall–Kier alpha value is -2.17. The van der Waals surface area contributed by atoms with Crippen molar-refractivity contribution in [3.8, 4) is 0 Å². The van der Waals surface area contributed by atoms with Crippen molar-refractivity contribution in [3.63, 3.8) is 0 Å². The predicted molar refractivity (Wildman–Crippen MR) is 85.6 cm³/mol. The maximum Gasteiger partial charge on any atom is 0.271 e. The summed E-state index contributed by atoms with van der Waals surface area (Å²) in [4.78, 5) is 16.6.